The van der Waals surface area contributed by atoms with Crippen LogP contribution in [0.4, 0.5) is 0 Å². The summed E-state index contributed by atoms with van der Waals surface area (Å²) in [5.74, 6) is 0. The van der Waals surface area contributed by atoms with Gasteiger partial charge in [0.05, 0.1) is 22.0 Å². The highest BCUT2D eigenvalue weighted by Gasteiger charge is 2.12. The Morgan fingerprint density at radius 3 is 2.89 bits per heavy atom. The van der Waals surface area contributed by atoms with E-state index in [9.17, 15) is 0 Å². The lowest BCUT2D eigenvalue weighted by Crippen LogP contribution is -1.78. The van der Waals surface area contributed by atoms with Gasteiger partial charge in [-0.1, -0.05) is 35.5 Å². The average molecular weight is 252 g/mol. The fourth-order valence-electron chi connectivity index (χ4n) is 2.18. The van der Waals surface area contributed by atoms with Gasteiger partial charge in [0, 0.05) is 10.9 Å². The minimum absolute atomic E-state index is 0.796. The topological polar surface area (TPSA) is 38.9 Å². The van der Waals surface area contributed by atoms with Crippen LogP contribution in [0.25, 0.3) is 32.3 Å². The van der Waals surface area contributed by atoms with Crippen LogP contribution in [-0.2, 0) is 0 Å². The van der Waals surface area contributed by atoms with Crippen molar-refractivity contribution < 1.29 is 4.52 Å². The first-order valence-corrected chi connectivity index (χ1v) is 6.39. The predicted octanol–water partition coefficient (Wildman–Crippen LogP) is 4.10. The molecule has 4 aromatic rings. The summed E-state index contributed by atoms with van der Waals surface area (Å²) in [7, 11) is 0. The van der Waals surface area contributed by atoms with Gasteiger partial charge in [-0.3, -0.25) is 0 Å². The molecule has 0 spiro atoms. The van der Waals surface area contributed by atoms with Gasteiger partial charge in [0.1, 0.15) is 0 Å². The maximum absolute atomic E-state index is 5.19. The van der Waals surface area contributed by atoms with Crippen molar-refractivity contribution >= 4 is 32.6 Å². The van der Waals surface area contributed by atoms with Crippen molar-refractivity contribution in [3.8, 4) is 11.3 Å². The molecule has 18 heavy (non-hydrogen) atoms. The molecule has 2 aromatic carbocycles. The van der Waals surface area contributed by atoms with Crippen LogP contribution in [-0.4, -0.2) is 9.53 Å². The maximum atomic E-state index is 5.19. The van der Waals surface area contributed by atoms with Crippen LogP contribution in [0.1, 0.15) is 0 Å². The van der Waals surface area contributed by atoms with Gasteiger partial charge in [0.25, 0.3) is 0 Å². The molecule has 0 aliphatic rings. The smallest absolute Gasteiger partial charge is 0.167 e. The van der Waals surface area contributed by atoms with E-state index in [0.717, 1.165) is 22.2 Å². The van der Waals surface area contributed by atoms with Crippen LogP contribution in [0.5, 0.6) is 0 Å². The van der Waals surface area contributed by atoms with E-state index in [2.05, 4.69) is 27.7 Å². The Morgan fingerprint density at radius 1 is 0.944 bits per heavy atom. The molecule has 2 heterocycles. The van der Waals surface area contributed by atoms with Crippen LogP contribution in [0, 0.1) is 0 Å². The highest BCUT2D eigenvalue weighted by atomic mass is 32.1. The Kier molecular flexibility index (Phi) is 1.98. The summed E-state index contributed by atoms with van der Waals surface area (Å²) in [6.45, 7) is 0. The Hall–Kier alpha value is -2.20. The van der Waals surface area contributed by atoms with Crippen LogP contribution < -0.4 is 0 Å². The zero-order valence-corrected chi connectivity index (χ0v) is 10.1. The normalized spacial score (nSPS) is 11.3. The van der Waals surface area contributed by atoms with Gasteiger partial charge >= 0.3 is 0 Å². The summed E-state index contributed by atoms with van der Waals surface area (Å²) in [5, 5.41) is 6.04. The molecule has 0 N–H and O–H groups in total. The van der Waals surface area contributed by atoms with Gasteiger partial charge in [0.15, 0.2) is 5.58 Å². The Balaban J connectivity index is 2.10. The lowest BCUT2D eigenvalue weighted by atomic mass is 10.0. The molecule has 0 unspecified atom stereocenters. The van der Waals surface area contributed by atoms with E-state index in [-0.39, 0.29) is 0 Å². The average Bonchev–Trinajstić information content (AvgIpc) is 3.05. The highest BCUT2D eigenvalue weighted by molar-refractivity contribution is 7.13. The van der Waals surface area contributed by atoms with Crippen molar-refractivity contribution in [1.82, 2.24) is 9.53 Å². The molecule has 4 heteroatoms. The molecule has 0 amide bonds. The number of hydrogen-bond donors (Lipinski definition) is 0. The number of fused-ring (bicyclic) bond motifs is 2. The Morgan fingerprint density at radius 2 is 1.89 bits per heavy atom. The molecule has 0 saturated heterocycles. The van der Waals surface area contributed by atoms with Crippen LogP contribution >= 0.6 is 11.5 Å². The molecule has 0 radical (unpaired) electrons. The first-order valence-electron chi connectivity index (χ1n) is 5.62. The molecule has 3 nitrogen and oxygen atoms in total. The third kappa shape index (κ3) is 1.29. The van der Waals surface area contributed by atoms with E-state index in [1.54, 1.807) is 6.20 Å². The fraction of sp³-hybridized carbons (Fsp3) is 0. The molecule has 0 atom stereocenters. The molecule has 86 valence electrons. The van der Waals surface area contributed by atoms with Crippen LogP contribution in [0.15, 0.2) is 53.2 Å². The molecule has 0 saturated carbocycles. The molecule has 0 aliphatic carbocycles. The Labute approximate surface area is 107 Å². The van der Waals surface area contributed by atoms with Gasteiger partial charge in [-0.25, -0.2) is 0 Å². The molecule has 4 rings (SSSR count). The second kappa shape index (κ2) is 3.65. The third-order valence-corrected chi connectivity index (χ3v) is 3.86. The van der Waals surface area contributed by atoms with E-state index in [1.807, 2.05) is 24.3 Å². The lowest BCUT2D eigenvalue weighted by molar-refractivity contribution is 0.456. The van der Waals surface area contributed by atoms with Gasteiger partial charge in [0.2, 0.25) is 0 Å². The minimum atomic E-state index is 0.796. The quantitative estimate of drug-likeness (QED) is 0.512. The monoisotopic (exact) mass is 252 g/mol. The molecule has 0 aliphatic heterocycles. The van der Waals surface area contributed by atoms with E-state index >= 15 is 0 Å². The van der Waals surface area contributed by atoms with Crippen molar-refractivity contribution in [2.24, 2.45) is 0 Å². The number of nitrogens with zero attached hydrogens (tertiary/aromatic N) is 2. The standard InChI is InChI=1S/C14H8N2OS/c1-2-7-13-10(4-1)14(16-18-13)9-5-3-6-12-11(9)8-15-17-12/h1-8H. The van der Waals surface area contributed by atoms with E-state index in [1.165, 1.54) is 21.6 Å². The van der Waals surface area contributed by atoms with E-state index < -0.39 is 0 Å². The summed E-state index contributed by atoms with van der Waals surface area (Å²) in [5.41, 5.74) is 2.88. The van der Waals surface area contributed by atoms with Crippen molar-refractivity contribution in [2.75, 3.05) is 0 Å². The molecule has 0 bridgehead atoms. The van der Waals surface area contributed by atoms with Crippen LogP contribution in [0.2, 0.25) is 0 Å². The van der Waals surface area contributed by atoms with Crippen molar-refractivity contribution in [1.29, 1.82) is 0 Å². The molecule has 0 fully saturated rings. The van der Waals surface area contributed by atoms with Crippen LogP contribution in [0.3, 0.4) is 0 Å². The Bertz CT molecular complexity index is 847. The van der Waals surface area contributed by atoms with Gasteiger partial charge in [-0.05, 0) is 23.7 Å². The number of hydrogen-bond acceptors (Lipinski definition) is 4. The number of aromatic nitrogens is 2. The second-order valence-electron chi connectivity index (χ2n) is 4.07. The largest absolute Gasteiger partial charge is 0.356 e. The van der Waals surface area contributed by atoms with Gasteiger partial charge < -0.3 is 4.52 Å². The minimum Gasteiger partial charge on any atom is -0.356 e. The summed E-state index contributed by atoms with van der Waals surface area (Å²) >= 11 is 1.52. The predicted molar refractivity (Wildman–Crippen MR) is 72.6 cm³/mol. The lowest BCUT2D eigenvalue weighted by Gasteiger charge is -1.98. The summed E-state index contributed by atoms with van der Waals surface area (Å²) in [6.07, 6.45) is 1.75. The van der Waals surface area contributed by atoms with Crippen molar-refractivity contribution in [3.63, 3.8) is 0 Å². The number of rotatable bonds is 1. The van der Waals surface area contributed by atoms with Crippen molar-refractivity contribution in [2.45, 2.75) is 0 Å². The summed E-state index contributed by atoms with van der Waals surface area (Å²) in [6, 6.07) is 14.2. The molecular formula is C14H8N2OS. The fourth-order valence-corrected chi connectivity index (χ4v) is 2.97. The second-order valence-corrected chi connectivity index (χ2v) is 4.88. The first kappa shape index (κ1) is 9.79. The first-order chi connectivity index (χ1) is 8.93. The summed E-state index contributed by atoms with van der Waals surface area (Å²) < 4.78 is 11.0. The van der Waals surface area contributed by atoms with Crippen molar-refractivity contribution in [3.05, 3.63) is 48.7 Å². The van der Waals surface area contributed by atoms with Gasteiger partial charge in [-0.2, -0.15) is 4.37 Å². The highest BCUT2D eigenvalue weighted by Crippen LogP contribution is 2.34. The van der Waals surface area contributed by atoms with E-state index in [4.69, 9.17) is 4.52 Å². The number of benzene rings is 2. The van der Waals surface area contributed by atoms with E-state index in [0.29, 0.717) is 0 Å². The zero-order valence-electron chi connectivity index (χ0n) is 9.33. The SMILES string of the molecule is c1cc(-c2nsc3ccccc23)c2cnoc2c1. The third-order valence-electron chi connectivity index (χ3n) is 3.03. The molecular weight excluding hydrogens is 244 g/mol. The summed E-state index contributed by atoms with van der Waals surface area (Å²) in [4.78, 5) is 0. The van der Waals surface area contributed by atoms with Gasteiger partial charge in [-0.15, -0.1) is 0 Å². The zero-order chi connectivity index (χ0) is 11.9. The maximum Gasteiger partial charge on any atom is 0.167 e. The molecule has 2 aromatic heterocycles.